The van der Waals surface area contributed by atoms with Crippen molar-refractivity contribution in [3.05, 3.63) is 96.3 Å². The standard InChI is InChI=1S/C30H32N4/c1-21(2)25-16-9-10-17-26(25)22-12-11-15-24(18-22)34-20-33(23-13-7-6-8-14-23)28-29(34)32-27(19-31-28)30(3,4)5/h6-19,21H,20H2,1-5H3. The van der Waals surface area contributed by atoms with Gasteiger partial charge in [0.15, 0.2) is 11.6 Å². The van der Waals surface area contributed by atoms with Crippen LogP contribution in [-0.2, 0) is 5.41 Å². The number of hydrogen-bond donors (Lipinski definition) is 0. The van der Waals surface area contributed by atoms with Gasteiger partial charge in [-0.15, -0.1) is 0 Å². The van der Waals surface area contributed by atoms with E-state index in [0.29, 0.717) is 12.6 Å². The second-order valence-electron chi connectivity index (χ2n) is 10.3. The van der Waals surface area contributed by atoms with Gasteiger partial charge in [-0.25, -0.2) is 9.97 Å². The first-order valence-electron chi connectivity index (χ1n) is 12.0. The van der Waals surface area contributed by atoms with E-state index >= 15 is 0 Å². The molecule has 1 aliphatic heterocycles. The molecule has 1 aliphatic rings. The van der Waals surface area contributed by atoms with Crippen LogP contribution in [0.15, 0.2) is 85.1 Å². The number of benzene rings is 3. The van der Waals surface area contributed by atoms with Gasteiger partial charge >= 0.3 is 0 Å². The van der Waals surface area contributed by atoms with Gasteiger partial charge in [0.05, 0.1) is 11.9 Å². The van der Waals surface area contributed by atoms with Crippen molar-refractivity contribution in [2.24, 2.45) is 0 Å². The Hall–Kier alpha value is -3.66. The van der Waals surface area contributed by atoms with Crippen LogP contribution >= 0.6 is 0 Å². The molecule has 1 aromatic heterocycles. The smallest absolute Gasteiger partial charge is 0.178 e. The first-order valence-corrected chi connectivity index (χ1v) is 12.0. The molecule has 0 aliphatic carbocycles. The third-order valence-electron chi connectivity index (χ3n) is 6.42. The summed E-state index contributed by atoms with van der Waals surface area (Å²) < 4.78 is 0. The Morgan fingerprint density at radius 1 is 0.765 bits per heavy atom. The fraction of sp³-hybridized carbons (Fsp3) is 0.267. The Morgan fingerprint density at radius 3 is 2.18 bits per heavy atom. The Bertz CT molecular complexity index is 1300. The molecule has 0 radical (unpaired) electrons. The minimum atomic E-state index is -0.0775. The highest BCUT2D eigenvalue weighted by Crippen LogP contribution is 2.43. The summed E-state index contributed by atoms with van der Waals surface area (Å²) in [7, 11) is 0. The fourth-order valence-corrected chi connectivity index (χ4v) is 4.50. The summed E-state index contributed by atoms with van der Waals surface area (Å²) in [6, 6.07) is 27.9. The molecule has 0 unspecified atom stereocenters. The van der Waals surface area contributed by atoms with Gasteiger partial charge in [0.25, 0.3) is 0 Å². The Kier molecular flexibility index (Phi) is 5.60. The van der Waals surface area contributed by atoms with Crippen LogP contribution in [0.2, 0.25) is 0 Å². The average Bonchev–Trinajstić information content (AvgIpc) is 3.23. The number of para-hydroxylation sites is 1. The minimum Gasteiger partial charge on any atom is -0.305 e. The van der Waals surface area contributed by atoms with E-state index in [1.54, 1.807) is 0 Å². The third kappa shape index (κ3) is 4.05. The van der Waals surface area contributed by atoms with E-state index in [2.05, 4.69) is 117 Å². The summed E-state index contributed by atoms with van der Waals surface area (Å²) in [4.78, 5) is 14.6. The van der Waals surface area contributed by atoms with E-state index in [1.165, 1.54) is 16.7 Å². The molecule has 4 heteroatoms. The highest BCUT2D eigenvalue weighted by molar-refractivity contribution is 5.83. The van der Waals surface area contributed by atoms with Crippen LogP contribution in [0.4, 0.5) is 23.0 Å². The maximum absolute atomic E-state index is 5.13. The number of rotatable bonds is 4. The van der Waals surface area contributed by atoms with Crippen molar-refractivity contribution in [3.63, 3.8) is 0 Å². The van der Waals surface area contributed by atoms with Gasteiger partial charge < -0.3 is 9.80 Å². The van der Waals surface area contributed by atoms with Crippen molar-refractivity contribution in [1.82, 2.24) is 9.97 Å². The van der Waals surface area contributed by atoms with E-state index in [9.17, 15) is 0 Å². The number of aromatic nitrogens is 2. The van der Waals surface area contributed by atoms with Crippen molar-refractivity contribution in [2.75, 3.05) is 16.5 Å². The van der Waals surface area contributed by atoms with Crippen LogP contribution in [0.1, 0.15) is 51.8 Å². The van der Waals surface area contributed by atoms with Crippen LogP contribution in [0.5, 0.6) is 0 Å². The molecule has 172 valence electrons. The van der Waals surface area contributed by atoms with Gasteiger partial charge in [-0.3, -0.25) is 0 Å². The summed E-state index contributed by atoms with van der Waals surface area (Å²) in [5.41, 5.74) is 7.03. The lowest BCUT2D eigenvalue weighted by atomic mass is 9.92. The maximum atomic E-state index is 5.13. The van der Waals surface area contributed by atoms with E-state index in [4.69, 9.17) is 9.97 Å². The first kappa shape index (κ1) is 22.1. The lowest BCUT2D eigenvalue weighted by Gasteiger charge is -2.22. The number of hydrogen-bond acceptors (Lipinski definition) is 4. The predicted octanol–water partition coefficient (Wildman–Crippen LogP) is 7.81. The predicted molar refractivity (Wildman–Crippen MR) is 142 cm³/mol. The molecule has 4 nitrogen and oxygen atoms in total. The van der Waals surface area contributed by atoms with Crippen LogP contribution in [0.25, 0.3) is 11.1 Å². The van der Waals surface area contributed by atoms with Crippen molar-refractivity contribution >= 4 is 23.0 Å². The molecule has 0 spiro atoms. The third-order valence-corrected chi connectivity index (χ3v) is 6.42. The zero-order valence-electron chi connectivity index (χ0n) is 20.7. The molecule has 0 N–H and O–H groups in total. The molecule has 0 atom stereocenters. The average molecular weight is 449 g/mol. The summed E-state index contributed by atoms with van der Waals surface area (Å²) in [5, 5.41) is 0. The lowest BCUT2D eigenvalue weighted by molar-refractivity contribution is 0.566. The molecular formula is C30H32N4. The van der Waals surface area contributed by atoms with Crippen molar-refractivity contribution in [1.29, 1.82) is 0 Å². The molecule has 2 heterocycles. The minimum absolute atomic E-state index is 0.0775. The van der Waals surface area contributed by atoms with E-state index in [1.807, 2.05) is 12.3 Å². The Morgan fingerprint density at radius 2 is 1.44 bits per heavy atom. The highest BCUT2D eigenvalue weighted by atomic mass is 15.4. The van der Waals surface area contributed by atoms with Crippen molar-refractivity contribution in [3.8, 4) is 11.1 Å². The van der Waals surface area contributed by atoms with Gasteiger partial charge in [-0.2, -0.15) is 0 Å². The van der Waals surface area contributed by atoms with Gasteiger partial charge in [0.2, 0.25) is 0 Å². The molecular weight excluding hydrogens is 416 g/mol. The van der Waals surface area contributed by atoms with Gasteiger partial charge in [-0.1, -0.05) is 89.2 Å². The molecule has 0 saturated carbocycles. The van der Waals surface area contributed by atoms with Crippen LogP contribution in [0, 0.1) is 0 Å². The van der Waals surface area contributed by atoms with E-state index in [0.717, 1.165) is 28.7 Å². The van der Waals surface area contributed by atoms with Gasteiger partial charge in [-0.05, 0) is 46.9 Å². The van der Waals surface area contributed by atoms with Crippen molar-refractivity contribution in [2.45, 2.75) is 46.0 Å². The molecule has 3 aromatic carbocycles. The normalized spacial score (nSPS) is 13.5. The van der Waals surface area contributed by atoms with Crippen molar-refractivity contribution < 1.29 is 0 Å². The maximum Gasteiger partial charge on any atom is 0.178 e. The molecule has 0 amide bonds. The topological polar surface area (TPSA) is 32.3 Å². The zero-order valence-corrected chi connectivity index (χ0v) is 20.7. The quantitative estimate of drug-likeness (QED) is 0.319. The zero-order chi connectivity index (χ0) is 23.9. The molecule has 0 fully saturated rings. The fourth-order valence-electron chi connectivity index (χ4n) is 4.50. The summed E-state index contributed by atoms with van der Waals surface area (Å²) in [5.74, 6) is 2.26. The van der Waals surface area contributed by atoms with Crippen LogP contribution in [-0.4, -0.2) is 16.6 Å². The molecule has 4 aromatic rings. The largest absolute Gasteiger partial charge is 0.305 e. The highest BCUT2D eigenvalue weighted by Gasteiger charge is 2.32. The summed E-state index contributed by atoms with van der Waals surface area (Å²) in [6.45, 7) is 11.7. The second-order valence-corrected chi connectivity index (χ2v) is 10.3. The molecule has 5 rings (SSSR count). The van der Waals surface area contributed by atoms with Crippen LogP contribution in [0.3, 0.4) is 0 Å². The SMILES string of the molecule is CC(C)c1ccccc1-c1cccc(N2CN(c3ccccc3)c3ncc(C(C)(C)C)nc32)c1. The molecule has 34 heavy (non-hydrogen) atoms. The van der Waals surface area contributed by atoms with Gasteiger partial charge in [0, 0.05) is 16.8 Å². The monoisotopic (exact) mass is 448 g/mol. The number of nitrogens with zero attached hydrogens (tertiary/aromatic N) is 4. The lowest BCUT2D eigenvalue weighted by Crippen LogP contribution is -2.24. The molecule has 0 bridgehead atoms. The Labute approximate surface area is 202 Å². The van der Waals surface area contributed by atoms with Gasteiger partial charge in [0.1, 0.15) is 6.67 Å². The summed E-state index contributed by atoms with van der Waals surface area (Å²) in [6.07, 6.45) is 1.92. The van der Waals surface area contributed by atoms with E-state index in [-0.39, 0.29) is 5.41 Å². The Balaban J connectivity index is 1.62. The second kappa shape index (κ2) is 8.60. The van der Waals surface area contributed by atoms with E-state index < -0.39 is 0 Å². The summed E-state index contributed by atoms with van der Waals surface area (Å²) >= 11 is 0. The molecule has 0 saturated heterocycles. The number of fused-ring (bicyclic) bond motifs is 1. The first-order chi connectivity index (χ1) is 16.3. The number of anilines is 4. The van der Waals surface area contributed by atoms with Crippen LogP contribution < -0.4 is 9.80 Å².